The van der Waals surface area contributed by atoms with Crippen LogP contribution < -0.4 is 10.6 Å². The third kappa shape index (κ3) is 6.41. The second-order valence-electron chi connectivity index (χ2n) is 8.09. The van der Waals surface area contributed by atoms with Crippen molar-refractivity contribution in [3.63, 3.8) is 0 Å². The molecule has 2 heterocycles. The Kier molecular flexibility index (Phi) is 9.54. The van der Waals surface area contributed by atoms with Crippen LogP contribution in [0, 0.1) is 19.3 Å². The van der Waals surface area contributed by atoms with Gasteiger partial charge in [0.15, 0.2) is 11.8 Å². The van der Waals surface area contributed by atoms with E-state index in [-0.39, 0.29) is 24.0 Å². The molecule has 8 heteroatoms. The van der Waals surface area contributed by atoms with Crippen LogP contribution in [0.2, 0.25) is 0 Å². The second-order valence-corrected chi connectivity index (χ2v) is 8.09. The highest BCUT2D eigenvalue weighted by molar-refractivity contribution is 14.0. The molecule has 0 saturated heterocycles. The van der Waals surface area contributed by atoms with E-state index in [1.54, 1.807) is 7.11 Å². The number of aromatic nitrogens is 3. The zero-order valence-electron chi connectivity index (χ0n) is 18.6. The zero-order chi connectivity index (χ0) is 20.7. The lowest BCUT2D eigenvalue weighted by atomic mass is 9.83. The van der Waals surface area contributed by atoms with Gasteiger partial charge in [0, 0.05) is 45.7 Å². The van der Waals surface area contributed by atoms with Crippen molar-refractivity contribution in [2.24, 2.45) is 10.4 Å². The first-order chi connectivity index (χ1) is 14.0. The van der Waals surface area contributed by atoms with E-state index in [4.69, 9.17) is 4.74 Å². The third-order valence-corrected chi connectivity index (χ3v) is 5.85. The maximum atomic E-state index is 5.33. The number of aliphatic imine (C=N–C) groups is 1. The molecule has 0 aromatic carbocycles. The molecule has 166 valence electrons. The minimum atomic E-state index is 0. The zero-order valence-corrected chi connectivity index (χ0v) is 20.9. The summed E-state index contributed by atoms with van der Waals surface area (Å²) < 4.78 is 7.20. The summed E-state index contributed by atoms with van der Waals surface area (Å²) in [6.45, 7) is 6.46. The fourth-order valence-corrected chi connectivity index (χ4v) is 4.14. The van der Waals surface area contributed by atoms with E-state index in [0.29, 0.717) is 12.0 Å². The lowest BCUT2D eigenvalue weighted by Crippen LogP contribution is -2.43. The van der Waals surface area contributed by atoms with Crippen LogP contribution in [0.3, 0.4) is 0 Å². The number of rotatable bonds is 8. The van der Waals surface area contributed by atoms with Gasteiger partial charge in [-0.3, -0.25) is 4.99 Å². The van der Waals surface area contributed by atoms with Crippen LogP contribution in [0.15, 0.2) is 29.4 Å². The second kappa shape index (κ2) is 11.6. The van der Waals surface area contributed by atoms with E-state index >= 15 is 0 Å². The standard InChI is InChI=1S/C22H34N6O.HI/c1-17-13-18(2)28(27-17)20-8-7-19(14-24-20)15-25-21(23-3)26-16-22(11-12-29-4)9-5-6-10-22;/h7-8,13-14H,5-6,9-12,15-16H2,1-4H3,(H2,23,25,26);1H. The van der Waals surface area contributed by atoms with Crippen LogP contribution in [-0.4, -0.2) is 48.0 Å². The molecule has 0 amide bonds. The normalized spacial score (nSPS) is 15.7. The van der Waals surface area contributed by atoms with Gasteiger partial charge in [0.25, 0.3) is 0 Å². The van der Waals surface area contributed by atoms with Crippen molar-refractivity contribution in [3.05, 3.63) is 41.3 Å². The molecule has 0 atom stereocenters. The van der Waals surface area contributed by atoms with Gasteiger partial charge in [-0.1, -0.05) is 18.9 Å². The molecule has 0 radical (unpaired) electrons. The van der Waals surface area contributed by atoms with Crippen molar-refractivity contribution < 1.29 is 4.74 Å². The monoisotopic (exact) mass is 526 g/mol. The van der Waals surface area contributed by atoms with Crippen molar-refractivity contribution in [1.29, 1.82) is 0 Å². The van der Waals surface area contributed by atoms with Crippen LogP contribution in [0.4, 0.5) is 0 Å². The largest absolute Gasteiger partial charge is 0.385 e. The lowest BCUT2D eigenvalue weighted by Gasteiger charge is -2.30. The Labute approximate surface area is 197 Å². The average molecular weight is 526 g/mol. The fourth-order valence-electron chi connectivity index (χ4n) is 4.14. The SMILES string of the molecule is CN=C(NCc1ccc(-n2nc(C)cc2C)nc1)NCC1(CCOC)CCCC1.I. The number of methoxy groups -OCH3 is 1. The van der Waals surface area contributed by atoms with Gasteiger partial charge >= 0.3 is 0 Å². The summed E-state index contributed by atoms with van der Waals surface area (Å²) >= 11 is 0. The molecule has 1 saturated carbocycles. The number of halogens is 1. The Morgan fingerprint density at radius 3 is 2.57 bits per heavy atom. The van der Waals surface area contributed by atoms with Crippen molar-refractivity contribution in [1.82, 2.24) is 25.4 Å². The van der Waals surface area contributed by atoms with Crippen molar-refractivity contribution >= 4 is 29.9 Å². The van der Waals surface area contributed by atoms with E-state index in [1.165, 1.54) is 25.7 Å². The number of ether oxygens (including phenoxy) is 1. The van der Waals surface area contributed by atoms with Gasteiger partial charge < -0.3 is 15.4 Å². The highest BCUT2D eigenvalue weighted by Gasteiger charge is 2.33. The van der Waals surface area contributed by atoms with E-state index in [1.807, 2.05) is 37.8 Å². The van der Waals surface area contributed by atoms with Crippen LogP contribution in [0.1, 0.15) is 49.1 Å². The molecule has 1 aliphatic carbocycles. The molecule has 0 aliphatic heterocycles. The molecule has 0 unspecified atom stereocenters. The summed E-state index contributed by atoms with van der Waals surface area (Å²) in [6.07, 6.45) is 8.14. The number of nitrogens with one attached hydrogen (secondary N) is 2. The van der Waals surface area contributed by atoms with Crippen LogP contribution >= 0.6 is 24.0 Å². The smallest absolute Gasteiger partial charge is 0.191 e. The molecule has 7 nitrogen and oxygen atoms in total. The molecule has 0 spiro atoms. The maximum absolute atomic E-state index is 5.33. The molecule has 0 bridgehead atoms. The molecule has 30 heavy (non-hydrogen) atoms. The van der Waals surface area contributed by atoms with E-state index in [2.05, 4.69) is 37.8 Å². The highest BCUT2D eigenvalue weighted by Crippen LogP contribution is 2.40. The summed E-state index contributed by atoms with van der Waals surface area (Å²) in [4.78, 5) is 8.95. The molecule has 1 fully saturated rings. The fraction of sp³-hybridized carbons (Fsp3) is 0.591. The first kappa shape index (κ1) is 24.6. The molecular formula is C22H35IN6O. The molecule has 2 aromatic heterocycles. The number of hydrogen-bond donors (Lipinski definition) is 2. The Bertz CT molecular complexity index is 812. The Balaban J connectivity index is 0.00000320. The molecule has 2 N–H and O–H groups in total. The van der Waals surface area contributed by atoms with Gasteiger partial charge in [0.05, 0.1) is 5.69 Å². The summed E-state index contributed by atoms with van der Waals surface area (Å²) in [5, 5.41) is 11.4. The summed E-state index contributed by atoms with van der Waals surface area (Å²) in [5.41, 5.74) is 3.51. The van der Waals surface area contributed by atoms with Crippen LogP contribution in [0.5, 0.6) is 0 Å². The van der Waals surface area contributed by atoms with Crippen molar-refractivity contribution in [2.45, 2.75) is 52.5 Å². The summed E-state index contributed by atoms with van der Waals surface area (Å²) in [5.74, 6) is 1.67. The average Bonchev–Trinajstić information content (AvgIpc) is 3.33. The Hall–Kier alpha value is -1.68. The lowest BCUT2D eigenvalue weighted by molar-refractivity contribution is 0.138. The van der Waals surface area contributed by atoms with E-state index in [9.17, 15) is 0 Å². The first-order valence-electron chi connectivity index (χ1n) is 10.5. The van der Waals surface area contributed by atoms with E-state index in [0.717, 1.165) is 48.3 Å². The van der Waals surface area contributed by atoms with Gasteiger partial charge in [0.2, 0.25) is 0 Å². The minimum absolute atomic E-state index is 0. The van der Waals surface area contributed by atoms with Gasteiger partial charge in [-0.15, -0.1) is 24.0 Å². The topological polar surface area (TPSA) is 76.4 Å². The van der Waals surface area contributed by atoms with Gasteiger partial charge in [-0.05, 0) is 56.2 Å². The number of aryl methyl sites for hydroxylation is 2. The number of guanidine groups is 1. The van der Waals surface area contributed by atoms with Crippen LogP contribution in [0.25, 0.3) is 5.82 Å². The third-order valence-electron chi connectivity index (χ3n) is 5.85. The Morgan fingerprint density at radius 1 is 1.23 bits per heavy atom. The minimum Gasteiger partial charge on any atom is -0.385 e. The Morgan fingerprint density at radius 2 is 2.00 bits per heavy atom. The maximum Gasteiger partial charge on any atom is 0.191 e. The van der Waals surface area contributed by atoms with Crippen molar-refractivity contribution in [2.75, 3.05) is 27.3 Å². The van der Waals surface area contributed by atoms with Gasteiger partial charge in [0.1, 0.15) is 0 Å². The van der Waals surface area contributed by atoms with E-state index < -0.39 is 0 Å². The summed E-state index contributed by atoms with van der Waals surface area (Å²) in [6, 6.07) is 6.14. The predicted octanol–water partition coefficient (Wildman–Crippen LogP) is 3.76. The molecule has 2 aromatic rings. The molecule has 3 rings (SSSR count). The quantitative estimate of drug-likeness (QED) is 0.311. The van der Waals surface area contributed by atoms with Crippen molar-refractivity contribution in [3.8, 4) is 5.82 Å². The highest BCUT2D eigenvalue weighted by atomic mass is 127. The first-order valence-corrected chi connectivity index (χ1v) is 10.5. The van der Waals surface area contributed by atoms with Gasteiger partial charge in [-0.2, -0.15) is 5.10 Å². The summed E-state index contributed by atoms with van der Waals surface area (Å²) in [7, 11) is 3.60. The number of hydrogen-bond acceptors (Lipinski definition) is 4. The predicted molar refractivity (Wildman–Crippen MR) is 132 cm³/mol. The van der Waals surface area contributed by atoms with Crippen LogP contribution in [-0.2, 0) is 11.3 Å². The molecule has 1 aliphatic rings. The molecular weight excluding hydrogens is 491 g/mol. The van der Waals surface area contributed by atoms with Gasteiger partial charge in [-0.25, -0.2) is 9.67 Å². The number of pyridine rings is 1. The number of nitrogens with zero attached hydrogens (tertiary/aromatic N) is 4.